The maximum Gasteiger partial charge on any atom is 0.261 e. The highest BCUT2D eigenvalue weighted by molar-refractivity contribution is 7.20. The predicted octanol–water partition coefficient (Wildman–Crippen LogP) is 2.70. The molecular formula is C14H14N4OS. The van der Waals surface area contributed by atoms with Gasteiger partial charge in [0.15, 0.2) is 0 Å². The maximum absolute atomic E-state index is 12.2. The van der Waals surface area contributed by atoms with Crippen molar-refractivity contribution in [2.45, 2.75) is 13.0 Å². The summed E-state index contributed by atoms with van der Waals surface area (Å²) in [6.45, 7) is 1.92. The Balaban J connectivity index is 1.82. The molecule has 2 heterocycles. The van der Waals surface area contributed by atoms with Gasteiger partial charge in [-0.25, -0.2) is 0 Å². The summed E-state index contributed by atoms with van der Waals surface area (Å²) in [6, 6.07) is 7.44. The molecule has 0 fully saturated rings. The second kappa shape index (κ2) is 4.97. The molecule has 0 spiro atoms. The van der Waals surface area contributed by atoms with Crippen LogP contribution in [0.5, 0.6) is 0 Å². The maximum atomic E-state index is 12.2. The number of aromatic nitrogens is 2. The molecule has 0 aliphatic rings. The number of nitrogens with two attached hydrogens (primary N) is 1. The molecule has 0 aliphatic carbocycles. The summed E-state index contributed by atoms with van der Waals surface area (Å²) in [5.41, 5.74) is 7.40. The smallest absolute Gasteiger partial charge is 0.261 e. The Morgan fingerprint density at radius 2 is 2.30 bits per heavy atom. The summed E-state index contributed by atoms with van der Waals surface area (Å²) in [5.74, 6) is -0.0847. The fourth-order valence-corrected chi connectivity index (χ4v) is 2.97. The van der Waals surface area contributed by atoms with Crippen molar-refractivity contribution in [3.05, 3.63) is 47.1 Å². The average molecular weight is 286 g/mol. The van der Waals surface area contributed by atoms with Gasteiger partial charge in [0.05, 0.1) is 17.1 Å². The van der Waals surface area contributed by atoms with E-state index < -0.39 is 0 Å². The molecule has 1 atom stereocenters. The van der Waals surface area contributed by atoms with Crippen LogP contribution in [0.4, 0.5) is 5.69 Å². The van der Waals surface area contributed by atoms with Crippen molar-refractivity contribution in [3.63, 3.8) is 0 Å². The summed E-state index contributed by atoms with van der Waals surface area (Å²) in [6.07, 6.45) is 3.48. The number of hydrogen-bond acceptors (Lipinski definition) is 4. The van der Waals surface area contributed by atoms with E-state index in [-0.39, 0.29) is 11.9 Å². The van der Waals surface area contributed by atoms with E-state index in [0.29, 0.717) is 10.6 Å². The quantitative estimate of drug-likeness (QED) is 0.647. The number of rotatable bonds is 3. The van der Waals surface area contributed by atoms with E-state index in [1.165, 1.54) is 11.3 Å². The molecular weight excluding hydrogens is 272 g/mol. The molecule has 3 aromatic rings. The Morgan fingerprint density at radius 3 is 3.05 bits per heavy atom. The summed E-state index contributed by atoms with van der Waals surface area (Å²) in [7, 11) is 0. The Kier molecular flexibility index (Phi) is 3.15. The van der Waals surface area contributed by atoms with Crippen LogP contribution in [-0.2, 0) is 0 Å². The number of amides is 1. The van der Waals surface area contributed by atoms with Crippen molar-refractivity contribution in [3.8, 4) is 0 Å². The third-order valence-corrected chi connectivity index (χ3v) is 4.25. The third-order valence-electron chi connectivity index (χ3n) is 3.13. The molecule has 2 aromatic heterocycles. The SMILES string of the molecule is CC(NC(=O)c1cc2cc(N)ccc2s1)c1cn[nH]c1. The van der Waals surface area contributed by atoms with Crippen LogP contribution in [0.15, 0.2) is 36.7 Å². The number of benzene rings is 1. The van der Waals surface area contributed by atoms with Crippen LogP contribution >= 0.6 is 11.3 Å². The van der Waals surface area contributed by atoms with Crippen LogP contribution in [0.25, 0.3) is 10.1 Å². The van der Waals surface area contributed by atoms with E-state index in [0.717, 1.165) is 15.6 Å². The standard InChI is InChI=1S/C14H14N4OS/c1-8(10-6-16-17-7-10)18-14(19)13-5-9-4-11(15)2-3-12(9)20-13/h2-8H,15H2,1H3,(H,16,17)(H,18,19). The number of thiophene rings is 1. The van der Waals surface area contributed by atoms with E-state index in [1.807, 2.05) is 31.2 Å². The molecule has 102 valence electrons. The van der Waals surface area contributed by atoms with Crippen molar-refractivity contribution >= 4 is 33.0 Å². The molecule has 3 rings (SSSR count). The highest BCUT2D eigenvalue weighted by Gasteiger charge is 2.14. The van der Waals surface area contributed by atoms with Crippen molar-refractivity contribution < 1.29 is 4.79 Å². The zero-order chi connectivity index (χ0) is 14.1. The first-order valence-corrected chi connectivity index (χ1v) is 7.04. The van der Waals surface area contributed by atoms with E-state index in [9.17, 15) is 4.79 Å². The van der Waals surface area contributed by atoms with Crippen molar-refractivity contribution in [1.82, 2.24) is 15.5 Å². The van der Waals surface area contributed by atoms with Crippen LogP contribution in [0.1, 0.15) is 28.2 Å². The van der Waals surface area contributed by atoms with Gasteiger partial charge >= 0.3 is 0 Å². The molecule has 0 saturated carbocycles. The Bertz CT molecular complexity index is 748. The van der Waals surface area contributed by atoms with Gasteiger partial charge in [0.1, 0.15) is 0 Å². The molecule has 0 bridgehead atoms. The largest absolute Gasteiger partial charge is 0.399 e. The van der Waals surface area contributed by atoms with Gasteiger partial charge in [-0.15, -0.1) is 11.3 Å². The molecule has 6 heteroatoms. The number of carbonyl (C=O) groups excluding carboxylic acids is 1. The zero-order valence-corrected chi connectivity index (χ0v) is 11.7. The van der Waals surface area contributed by atoms with E-state index >= 15 is 0 Å². The van der Waals surface area contributed by atoms with Gasteiger partial charge in [0, 0.05) is 22.1 Å². The van der Waals surface area contributed by atoms with Gasteiger partial charge in [-0.1, -0.05) is 0 Å². The minimum atomic E-state index is -0.0865. The van der Waals surface area contributed by atoms with E-state index in [1.54, 1.807) is 12.4 Å². The summed E-state index contributed by atoms with van der Waals surface area (Å²) >= 11 is 1.46. The van der Waals surface area contributed by atoms with Crippen molar-refractivity contribution in [2.24, 2.45) is 0 Å². The Hall–Kier alpha value is -2.34. The minimum absolute atomic E-state index is 0.0847. The first kappa shape index (κ1) is 12.7. The number of aromatic amines is 1. The van der Waals surface area contributed by atoms with Crippen LogP contribution < -0.4 is 11.1 Å². The molecule has 4 N–H and O–H groups in total. The molecule has 5 nitrogen and oxygen atoms in total. The monoisotopic (exact) mass is 286 g/mol. The number of carbonyl (C=O) groups is 1. The molecule has 1 amide bonds. The number of fused-ring (bicyclic) bond motifs is 1. The number of nitrogens with zero attached hydrogens (tertiary/aromatic N) is 1. The number of nitrogens with one attached hydrogen (secondary N) is 2. The number of hydrogen-bond donors (Lipinski definition) is 3. The minimum Gasteiger partial charge on any atom is -0.399 e. The van der Waals surface area contributed by atoms with Crippen LogP contribution in [0.3, 0.4) is 0 Å². The van der Waals surface area contributed by atoms with Gasteiger partial charge in [-0.2, -0.15) is 5.10 Å². The molecule has 0 radical (unpaired) electrons. The molecule has 0 saturated heterocycles. The molecule has 1 unspecified atom stereocenters. The summed E-state index contributed by atoms with van der Waals surface area (Å²) in [4.78, 5) is 12.9. The topological polar surface area (TPSA) is 83.8 Å². The van der Waals surface area contributed by atoms with Gasteiger partial charge in [0.2, 0.25) is 0 Å². The predicted molar refractivity (Wildman–Crippen MR) is 80.7 cm³/mol. The zero-order valence-electron chi connectivity index (χ0n) is 10.9. The fraction of sp³-hybridized carbons (Fsp3) is 0.143. The summed E-state index contributed by atoms with van der Waals surface area (Å²) < 4.78 is 1.06. The van der Waals surface area contributed by atoms with Crippen molar-refractivity contribution in [2.75, 3.05) is 5.73 Å². The van der Waals surface area contributed by atoms with Crippen molar-refractivity contribution in [1.29, 1.82) is 0 Å². The molecule has 0 aliphatic heterocycles. The second-order valence-corrected chi connectivity index (χ2v) is 5.72. The first-order chi connectivity index (χ1) is 9.63. The second-order valence-electron chi connectivity index (χ2n) is 4.63. The number of anilines is 1. The lowest BCUT2D eigenvalue weighted by molar-refractivity contribution is 0.0944. The number of nitrogen functional groups attached to an aromatic ring is 1. The molecule has 20 heavy (non-hydrogen) atoms. The summed E-state index contributed by atoms with van der Waals surface area (Å²) in [5, 5.41) is 10.6. The molecule has 1 aromatic carbocycles. The lowest BCUT2D eigenvalue weighted by atomic mass is 10.2. The number of H-pyrrole nitrogens is 1. The first-order valence-electron chi connectivity index (χ1n) is 6.22. The third kappa shape index (κ3) is 2.37. The van der Waals surface area contributed by atoms with Crippen LogP contribution in [0.2, 0.25) is 0 Å². The highest BCUT2D eigenvalue weighted by atomic mass is 32.1. The van der Waals surface area contributed by atoms with Crippen LogP contribution in [-0.4, -0.2) is 16.1 Å². The van der Waals surface area contributed by atoms with E-state index in [2.05, 4.69) is 15.5 Å². The van der Waals surface area contributed by atoms with Gasteiger partial charge < -0.3 is 11.1 Å². The highest BCUT2D eigenvalue weighted by Crippen LogP contribution is 2.27. The fourth-order valence-electron chi connectivity index (χ4n) is 2.02. The lowest BCUT2D eigenvalue weighted by Crippen LogP contribution is -2.25. The van der Waals surface area contributed by atoms with E-state index in [4.69, 9.17) is 5.73 Å². The average Bonchev–Trinajstić information content (AvgIpc) is 3.07. The van der Waals surface area contributed by atoms with Gasteiger partial charge in [-0.05, 0) is 36.6 Å². The normalized spacial score (nSPS) is 12.4. The lowest BCUT2D eigenvalue weighted by Gasteiger charge is -2.10. The van der Waals surface area contributed by atoms with Gasteiger partial charge in [-0.3, -0.25) is 9.89 Å². The van der Waals surface area contributed by atoms with Gasteiger partial charge in [0.25, 0.3) is 5.91 Å². The van der Waals surface area contributed by atoms with Crippen LogP contribution in [0, 0.1) is 0 Å². The Labute approximate surface area is 119 Å². The Morgan fingerprint density at radius 1 is 1.45 bits per heavy atom.